The maximum Gasteiger partial charge on any atom is 0.291 e. The van der Waals surface area contributed by atoms with Gasteiger partial charge in [0, 0.05) is 15.6 Å². The number of aryl methyl sites for hydroxylation is 1. The third-order valence-corrected chi connectivity index (χ3v) is 6.49. The van der Waals surface area contributed by atoms with Crippen LogP contribution in [-0.4, -0.2) is 21.5 Å². The smallest absolute Gasteiger partial charge is 0.291 e. The third kappa shape index (κ3) is 3.06. The normalized spacial score (nSPS) is 16.5. The minimum Gasteiger partial charge on any atom is -0.317 e. The van der Waals surface area contributed by atoms with Gasteiger partial charge in [0.1, 0.15) is 0 Å². The molecule has 3 heterocycles. The van der Waals surface area contributed by atoms with E-state index in [0.717, 1.165) is 28.2 Å². The molecule has 1 atom stereocenters. The van der Waals surface area contributed by atoms with Gasteiger partial charge in [-0.2, -0.15) is 5.10 Å². The minimum atomic E-state index is -0.415. The van der Waals surface area contributed by atoms with Gasteiger partial charge in [0.25, 0.3) is 5.91 Å². The van der Waals surface area contributed by atoms with E-state index in [2.05, 4.69) is 5.32 Å². The zero-order valence-electron chi connectivity index (χ0n) is 17.5. The minimum absolute atomic E-state index is 0.284. The summed E-state index contributed by atoms with van der Waals surface area (Å²) in [6.07, 6.45) is 0. The number of carbonyl (C=O) groups is 1. The molecular formula is C25H17Cl2N5O. The molecule has 0 saturated carbocycles. The van der Waals surface area contributed by atoms with Crippen molar-refractivity contribution >= 4 is 52.1 Å². The number of hydrogen-bond acceptors (Lipinski definition) is 4. The van der Waals surface area contributed by atoms with Gasteiger partial charge in [-0.05, 0) is 48.9 Å². The summed E-state index contributed by atoms with van der Waals surface area (Å²) in [4.78, 5) is 20.0. The molecule has 162 valence electrons. The second-order valence-electron chi connectivity index (χ2n) is 7.92. The molecule has 3 aromatic carbocycles. The number of amides is 1. The average molecular weight is 474 g/mol. The number of nitrogens with zero attached hydrogens (tertiary/aromatic N) is 4. The highest BCUT2D eigenvalue weighted by molar-refractivity contribution is 6.50. The molecular weight excluding hydrogens is 457 g/mol. The van der Waals surface area contributed by atoms with Gasteiger partial charge >= 0.3 is 0 Å². The van der Waals surface area contributed by atoms with Crippen LogP contribution in [0.1, 0.15) is 22.9 Å². The Labute approximate surface area is 200 Å². The van der Waals surface area contributed by atoms with Crippen LogP contribution < -0.4 is 10.2 Å². The van der Waals surface area contributed by atoms with Crippen molar-refractivity contribution < 1.29 is 4.79 Å². The molecule has 1 N–H and O–H groups in total. The number of para-hydroxylation sites is 3. The second kappa shape index (κ2) is 7.47. The van der Waals surface area contributed by atoms with Gasteiger partial charge < -0.3 is 10.2 Å². The second-order valence-corrected chi connectivity index (χ2v) is 8.76. The Balaban J connectivity index is 1.68. The van der Waals surface area contributed by atoms with Gasteiger partial charge in [-0.25, -0.2) is 9.67 Å². The van der Waals surface area contributed by atoms with Crippen molar-refractivity contribution in [2.75, 3.05) is 10.2 Å². The Morgan fingerprint density at radius 2 is 1.73 bits per heavy atom. The van der Waals surface area contributed by atoms with Gasteiger partial charge in [0.2, 0.25) is 5.84 Å². The van der Waals surface area contributed by atoms with Crippen LogP contribution in [0.25, 0.3) is 5.69 Å². The number of benzene rings is 3. The fourth-order valence-electron chi connectivity index (χ4n) is 4.51. The van der Waals surface area contributed by atoms with Gasteiger partial charge in [0.05, 0.1) is 28.8 Å². The number of amidine groups is 1. The first-order valence-corrected chi connectivity index (χ1v) is 11.2. The molecule has 8 heteroatoms. The SMILES string of the molecule is Cc1nn(-c2ccccc2)c2c1[C@H](c1ccc(Cl)cc1Cl)N1C(=N2)C(=O)Nc2ccccc21. The van der Waals surface area contributed by atoms with Crippen molar-refractivity contribution in [1.29, 1.82) is 0 Å². The van der Waals surface area contributed by atoms with Crippen LogP contribution in [0.2, 0.25) is 10.0 Å². The van der Waals surface area contributed by atoms with Crippen molar-refractivity contribution in [1.82, 2.24) is 9.78 Å². The maximum absolute atomic E-state index is 13.2. The Hall–Kier alpha value is -3.61. The zero-order valence-corrected chi connectivity index (χ0v) is 19.0. The largest absolute Gasteiger partial charge is 0.317 e. The molecule has 0 radical (unpaired) electrons. The van der Waals surface area contributed by atoms with Crippen molar-refractivity contribution in [2.45, 2.75) is 13.0 Å². The van der Waals surface area contributed by atoms with Crippen LogP contribution in [0, 0.1) is 6.92 Å². The number of aliphatic imine (C=N–C) groups is 1. The van der Waals surface area contributed by atoms with E-state index >= 15 is 0 Å². The monoisotopic (exact) mass is 473 g/mol. The lowest BCUT2D eigenvalue weighted by Crippen LogP contribution is -2.48. The van der Waals surface area contributed by atoms with E-state index in [-0.39, 0.29) is 11.7 Å². The fraction of sp³-hybridized carbons (Fsp3) is 0.0800. The summed E-state index contributed by atoms with van der Waals surface area (Å²) in [5, 5.41) is 8.82. The molecule has 2 aliphatic rings. The molecule has 0 bridgehead atoms. The Bertz CT molecular complexity index is 1460. The number of halogens is 2. The molecule has 1 aromatic heterocycles. The van der Waals surface area contributed by atoms with Crippen LogP contribution >= 0.6 is 23.2 Å². The Morgan fingerprint density at radius 3 is 2.52 bits per heavy atom. The first kappa shape index (κ1) is 20.0. The lowest BCUT2D eigenvalue weighted by Gasteiger charge is -2.40. The lowest BCUT2D eigenvalue weighted by molar-refractivity contribution is -0.110. The molecule has 0 unspecified atom stereocenters. The Kier molecular flexibility index (Phi) is 4.54. The number of hydrogen-bond donors (Lipinski definition) is 1. The van der Waals surface area contributed by atoms with E-state index in [1.54, 1.807) is 16.8 Å². The van der Waals surface area contributed by atoms with E-state index in [9.17, 15) is 4.79 Å². The van der Waals surface area contributed by atoms with E-state index in [1.807, 2.05) is 72.5 Å². The summed E-state index contributed by atoms with van der Waals surface area (Å²) in [5.74, 6) is 0.609. The maximum atomic E-state index is 13.2. The summed E-state index contributed by atoms with van der Waals surface area (Å²) in [7, 11) is 0. The summed E-state index contributed by atoms with van der Waals surface area (Å²) >= 11 is 12.9. The van der Waals surface area contributed by atoms with E-state index in [4.69, 9.17) is 33.3 Å². The number of carbonyl (C=O) groups excluding carboxylic acids is 1. The standard InChI is InChI=1S/C25H17Cl2N5O/c1-14-21-22(17-12-11-15(26)13-18(17)27)31-20-10-6-5-9-19(20)28-25(33)24(31)29-23(21)32(30-14)16-7-3-2-4-8-16/h2-13,22H,1H3,(H,28,33)/t22-/m0/s1. The van der Waals surface area contributed by atoms with Crippen LogP contribution in [0.5, 0.6) is 0 Å². The number of aromatic nitrogens is 2. The van der Waals surface area contributed by atoms with Gasteiger partial charge in [-0.15, -0.1) is 0 Å². The van der Waals surface area contributed by atoms with Gasteiger partial charge in [-0.1, -0.05) is 59.6 Å². The first-order chi connectivity index (χ1) is 16.0. The van der Waals surface area contributed by atoms with Crippen molar-refractivity contribution in [3.8, 4) is 5.69 Å². The summed E-state index contributed by atoms with van der Waals surface area (Å²) in [5.41, 5.74) is 4.91. The molecule has 0 saturated heterocycles. The number of rotatable bonds is 2. The van der Waals surface area contributed by atoms with Crippen molar-refractivity contribution in [3.05, 3.63) is 99.7 Å². The highest BCUT2D eigenvalue weighted by Crippen LogP contribution is 2.48. The molecule has 1 amide bonds. The molecule has 0 aliphatic carbocycles. The van der Waals surface area contributed by atoms with Gasteiger partial charge in [0.15, 0.2) is 5.82 Å². The van der Waals surface area contributed by atoms with Crippen LogP contribution in [-0.2, 0) is 4.79 Å². The summed E-state index contributed by atoms with van der Waals surface area (Å²) in [6.45, 7) is 1.95. The molecule has 2 aliphatic heterocycles. The van der Waals surface area contributed by atoms with Crippen molar-refractivity contribution in [2.24, 2.45) is 4.99 Å². The summed E-state index contributed by atoms with van der Waals surface area (Å²) < 4.78 is 1.78. The molecule has 6 nitrogen and oxygen atoms in total. The van der Waals surface area contributed by atoms with E-state index < -0.39 is 6.04 Å². The first-order valence-electron chi connectivity index (χ1n) is 10.4. The molecule has 4 aromatic rings. The van der Waals surface area contributed by atoms with Crippen LogP contribution in [0.15, 0.2) is 77.8 Å². The number of fused-ring (bicyclic) bond motifs is 4. The van der Waals surface area contributed by atoms with Gasteiger partial charge in [-0.3, -0.25) is 4.79 Å². The highest BCUT2D eigenvalue weighted by atomic mass is 35.5. The third-order valence-electron chi connectivity index (χ3n) is 5.93. The molecule has 33 heavy (non-hydrogen) atoms. The predicted molar refractivity (Wildman–Crippen MR) is 131 cm³/mol. The number of nitrogens with one attached hydrogen (secondary N) is 1. The predicted octanol–water partition coefficient (Wildman–Crippen LogP) is 6.08. The van der Waals surface area contributed by atoms with E-state index in [0.29, 0.717) is 21.6 Å². The average Bonchev–Trinajstić information content (AvgIpc) is 3.15. The zero-order chi connectivity index (χ0) is 22.7. The topological polar surface area (TPSA) is 62.5 Å². The fourth-order valence-corrected chi connectivity index (χ4v) is 5.02. The molecule has 6 rings (SSSR count). The Morgan fingerprint density at radius 1 is 0.970 bits per heavy atom. The van der Waals surface area contributed by atoms with Crippen LogP contribution in [0.4, 0.5) is 17.2 Å². The number of anilines is 2. The van der Waals surface area contributed by atoms with Crippen molar-refractivity contribution in [3.63, 3.8) is 0 Å². The molecule has 0 fully saturated rings. The highest BCUT2D eigenvalue weighted by Gasteiger charge is 2.43. The van der Waals surface area contributed by atoms with Crippen LogP contribution in [0.3, 0.4) is 0 Å². The summed E-state index contributed by atoms with van der Waals surface area (Å²) in [6, 6.07) is 22.4. The van der Waals surface area contributed by atoms with E-state index in [1.165, 1.54) is 0 Å². The molecule has 0 spiro atoms. The lowest BCUT2D eigenvalue weighted by atomic mass is 9.93. The quantitative estimate of drug-likeness (QED) is 0.383.